The predicted molar refractivity (Wildman–Crippen MR) is 36.3 cm³/mol. The molecule has 0 fully saturated rings. The van der Waals surface area contributed by atoms with Crippen molar-refractivity contribution in [3.05, 3.63) is 23.2 Å². The number of aliphatic hydroxyl groups is 1. The minimum Gasteiger partial charge on any atom is -0.475 e. The number of rotatable bonds is 2. The molecule has 0 aliphatic rings. The normalized spacial score (nSPS) is 10.0. The fourth-order valence-corrected chi connectivity index (χ4v) is 0.782. The van der Waals surface area contributed by atoms with Crippen LogP contribution < -0.4 is 0 Å². The molecule has 0 bridgehead atoms. The summed E-state index contributed by atoms with van der Waals surface area (Å²) in [5, 5.41) is 17.1. The van der Waals surface area contributed by atoms with Crippen molar-refractivity contribution >= 4 is 5.97 Å². The molecule has 0 atom stereocenters. The lowest BCUT2D eigenvalue weighted by molar-refractivity contribution is 0.0661. The van der Waals surface area contributed by atoms with E-state index < -0.39 is 5.97 Å². The highest BCUT2D eigenvalue weighted by Gasteiger charge is 2.11. The number of furan rings is 1. The van der Waals surface area contributed by atoms with Gasteiger partial charge in [-0.05, 0) is 13.0 Å². The van der Waals surface area contributed by atoms with Crippen molar-refractivity contribution in [2.45, 2.75) is 13.5 Å². The van der Waals surface area contributed by atoms with Crippen LogP contribution in [0.2, 0.25) is 0 Å². The predicted octanol–water partition coefficient (Wildman–Crippen LogP) is 0.779. The van der Waals surface area contributed by atoms with Crippen LogP contribution in [0.3, 0.4) is 0 Å². The monoisotopic (exact) mass is 156 g/mol. The summed E-state index contributed by atoms with van der Waals surface area (Å²) < 4.78 is 4.81. The number of carboxylic acids is 1. The Morgan fingerprint density at radius 2 is 2.36 bits per heavy atom. The van der Waals surface area contributed by atoms with Crippen molar-refractivity contribution in [2.24, 2.45) is 0 Å². The molecule has 1 heterocycles. The van der Waals surface area contributed by atoms with Gasteiger partial charge in [0.2, 0.25) is 5.76 Å². The summed E-state index contributed by atoms with van der Waals surface area (Å²) in [5.74, 6) is -0.802. The Kier molecular flexibility index (Phi) is 1.96. The minimum atomic E-state index is -1.12. The number of hydrogen-bond acceptors (Lipinski definition) is 3. The number of carbonyl (C=O) groups is 1. The van der Waals surface area contributed by atoms with Crippen LogP contribution in [0, 0.1) is 6.92 Å². The average Bonchev–Trinajstić information content (AvgIpc) is 2.31. The first-order valence-electron chi connectivity index (χ1n) is 3.08. The summed E-state index contributed by atoms with van der Waals surface area (Å²) in [5.41, 5.74) is 0.516. The van der Waals surface area contributed by atoms with Crippen molar-refractivity contribution in [1.29, 1.82) is 0 Å². The third kappa shape index (κ3) is 1.40. The Labute approximate surface area is 63.1 Å². The molecule has 0 aliphatic carbocycles. The van der Waals surface area contributed by atoms with Gasteiger partial charge in [0.05, 0.1) is 6.61 Å². The number of aliphatic hydroxyl groups excluding tert-OH is 1. The molecule has 0 radical (unpaired) electrons. The van der Waals surface area contributed by atoms with Gasteiger partial charge in [-0.1, -0.05) is 0 Å². The zero-order chi connectivity index (χ0) is 8.43. The molecule has 1 aromatic heterocycles. The van der Waals surface area contributed by atoms with Gasteiger partial charge in [0, 0.05) is 5.56 Å². The van der Waals surface area contributed by atoms with E-state index in [9.17, 15) is 4.79 Å². The van der Waals surface area contributed by atoms with E-state index in [-0.39, 0.29) is 12.4 Å². The third-order valence-corrected chi connectivity index (χ3v) is 1.40. The number of aryl methyl sites for hydroxylation is 1. The van der Waals surface area contributed by atoms with Crippen molar-refractivity contribution in [3.63, 3.8) is 0 Å². The lowest BCUT2D eigenvalue weighted by atomic mass is 10.2. The zero-order valence-electron chi connectivity index (χ0n) is 6.00. The van der Waals surface area contributed by atoms with Crippen molar-refractivity contribution < 1.29 is 19.4 Å². The van der Waals surface area contributed by atoms with E-state index in [1.54, 1.807) is 6.92 Å². The van der Waals surface area contributed by atoms with Crippen molar-refractivity contribution in [1.82, 2.24) is 0 Å². The fourth-order valence-electron chi connectivity index (χ4n) is 0.782. The molecule has 0 aromatic carbocycles. The summed E-state index contributed by atoms with van der Waals surface area (Å²) in [6, 6.07) is 1.32. The van der Waals surface area contributed by atoms with E-state index in [1.807, 2.05) is 0 Å². The molecule has 0 amide bonds. The third-order valence-electron chi connectivity index (χ3n) is 1.40. The van der Waals surface area contributed by atoms with E-state index in [0.29, 0.717) is 11.3 Å². The quantitative estimate of drug-likeness (QED) is 0.663. The Morgan fingerprint density at radius 3 is 2.64 bits per heavy atom. The minimum absolute atomic E-state index is 0.133. The maximum atomic E-state index is 10.3. The molecule has 0 aliphatic heterocycles. The summed E-state index contributed by atoms with van der Waals surface area (Å²) in [7, 11) is 0. The van der Waals surface area contributed by atoms with Gasteiger partial charge in [-0.25, -0.2) is 4.79 Å². The summed E-state index contributed by atoms with van der Waals surface area (Å²) >= 11 is 0. The van der Waals surface area contributed by atoms with Gasteiger partial charge in [-0.15, -0.1) is 0 Å². The molecule has 0 unspecified atom stereocenters. The molecular weight excluding hydrogens is 148 g/mol. The molecule has 1 aromatic rings. The highest BCUT2D eigenvalue weighted by atomic mass is 16.4. The molecule has 1 rings (SSSR count). The number of aromatic carboxylic acids is 1. The van der Waals surface area contributed by atoms with Crippen LogP contribution in [0.1, 0.15) is 21.9 Å². The average molecular weight is 156 g/mol. The maximum absolute atomic E-state index is 10.3. The summed E-state index contributed by atoms with van der Waals surface area (Å²) in [4.78, 5) is 10.3. The lowest BCUT2D eigenvalue weighted by Gasteiger charge is -1.86. The molecule has 0 saturated carbocycles. The maximum Gasteiger partial charge on any atom is 0.371 e. The molecule has 11 heavy (non-hydrogen) atoms. The number of carboxylic acid groups (broad SMARTS) is 1. The number of hydrogen-bond donors (Lipinski definition) is 2. The second-order valence-electron chi connectivity index (χ2n) is 2.16. The Morgan fingerprint density at radius 1 is 1.73 bits per heavy atom. The summed E-state index contributed by atoms with van der Waals surface area (Å²) in [6.45, 7) is 1.42. The Balaban J connectivity index is 3.05. The van der Waals surface area contributed by atoms with Gasteiger partial charge in [0.1, 0.15) is 5.76 Å². The Hall–Kier alpha value is -1.29. The van der Waals surface area contributed by atoms with Crippen LogP contribution >= 0.6 is 0 Å². The van der Waals surface area contributed by atoms with Gasteiger partial charge in [-0.2, -0.15) is 0 Å². The van der Waals surface area contributed by atoms with Crippen LogP contribution in [-0.2, 0) is 6.61 Å². The van der Waals surface area contributed by atoms with Gasteiger partial charge in [-0.3, -0.25) is 0 Å². The Bertz CT molecular complexity index is 274. The second kappa shape index (κ2) is 2.75. The molecule has 0 saturated heterocycles. The first-order chi connectivity index (χ1) is 5.15. The lowest BCUT2D eigenvalue weighted by Crippen LogP contribution is -1.91. The van der Waals surface area contributed by atoms with E-state index >= 15 is 0 Å². The first-order valence-corrected chi connectivity index (χ1v) is 3.08. The summed E-state index contributed by atoms with van der Waals surface area (Å²) in [6.07, 6.45) is 0. The van der Waals surface area contributed by atoms with Gasteiger partial charge in [0.15, 0.2) is 0 Å². The van der Waals surface area contributed by atoms with Crippen LogP contribution in [-0.4, -0.2) is 16.2 Å². The first kappa shape index (κ1) is 7.81. The SMILES string of the molecule is Cc1oc(C(=O)O)cc1CO. The van der Waals surface area contributed by atoms with Gasteiger partial charge in [0.25, 0.3) is 0 Å². The van der Waals surface area contributed by atoms with Crippen LogP contribution in [0.5, 0.6) is 0 Å². The topological polar surface area (TPSA) is 70.7 Å². The molecule has 2 N–H and O–H groups in total. The van der Waals surface area contributed by atoms with Crippen LogP contribution in [0.25, 0.3) is 0 Å². The van der Waals surface area contributed by atoms with E-state index in [2.05, 4.69) is 0 Å². The van der Waals surface area contributed by atoms with Gasteiger partial charge >= 0.3 is 5.97 Å². The fraction of sp³-hybridized carbons (Fsp3) is 0.286. The highest BCUT2D eigenvalue weighted by Crippen LogP contribution is 2.13. The smallest absolute Gasteiger partial charge is 0.371 e. The van der Waals surface area contributed by atoms with Crippen molar-refractivity contribution in [2.75, 3.05) is 0 Å². The van der Waals surface area contributed by atoms with Crippen LogP contribution in [0.15, 0.2) is 10.5 Å². The molecular formula is C7H8O4. The molecule has 0 spiro atoms. The standard InChI is InChI=1S/C7H8O4/c1-4-5(3-8)2-6(11-4)7(9)10/h2,8H,3H2,1H3,(H,9,10). The molecule has 4 heteroatoms. The van der Waals surface area contributed by atoms with E-state index in [4.69, 9.17) is 14.6 Å². The largest absolute Gasteiger partial charge is 0.475 e. The highest BCUT2D eigenvalue weighted by molar-refractivity contribution is 5.84. The van der Waals surface area contributed by atoms with Crippen molar-refractivity contribution in [3.8, 4) is 0 Å². The van der Waals surface area contributed by atoms with Gasteiger partial charge < -0.3 is 14.6 Å². The zero-order valence-corrected chi connectivity index (χ0v) is 6.00. The van der Waals surface area contributed by atoms with E-state index in [0.717, 1.165) is 0 Å². The molecule has 60 valence electrons. The second-order valence-corrected chi connectivity index (χ2v) is 2.16. The molecule has 4 nitrogen and oxygen atoms in total. The van der Waals surface area contributed by atoms with Crippen LogP contribution in [0.4, 0.5) is 0 Å². The van der Waals surface area contributed by atoms with E-state index in [1.165, 1.54) is 6.07 Å².